The second kappa shape index (κ2) is 9.96. The Morgan fingerprint density at radius 3 is 2.71 bits per heavy atom. The molecule has 3 rings (SSSR count). The lowest BCUT2D eigenvalue weighted by molar-refractivity contribution is 0.0303. The number of benzene rings is 1. The zero-order chi connectivity index (χ0) is 19.8. The smallest absolute Gasteiger partial charge is 0.338 e. The minimum absolute atomic E-state index is 0.0238. The SMILES string of the molecule is O=C(O)c1cnc(N2CCOC(CCC(/C=C/c3ccccc3)CO)C2)nc1. The van der Waals surface area contributed by atoms with Crippen LogP contribution < -0.4 is 4.90 Å². The molecule has 0 bridgehead atoms. The number of ether oxygens (including phenoxy) is 1. The van der Waals surface area contributed by atoms with Crippen LogP contribution in [0.15, 0.2) is 48.8 Å². The van der Waals surface area contributed by atoms with Crippen LogP contribution in [0.1, 0.15) is 28.8 Å². The summed E-state index contributed by atoms with van der Waals surface area (Å²) in [5, 5.41) is 18.6. The maximum Gasteiger partial charge on any atom is 0.338 e. The van der Waals surface area contributed by atoms with Crippen molar-refractivity contribution >= 4 is 18.0 Å². The number of aliphatic hydroxyl groups is 1. The van der Waals surface area contributed by atoms with E-state index in [2.05, 4.69) is 9.97 Å². The second-order valence-electron chi connectivity index (χ2n) is 6.81. The van der Waals surface area contributed by atoms with Crippen LogP contribution in [-0.2, 0) is 4.74 Å². The molecule has 1 saturated heterocycles. The monoisotopic (exact) mass is 383 g/mol. The normalized spacial score (nSPS) is 18.3. The molecule has 2 aromatic rings. The predicted molar refractivity (Wildman–Crippen MR) is 106 cm³/mol. The molecule has 2 heterocycles. The number of morpholine rings is 1. The number of carbonyl (C=O) groups is 1. The topological polar surface area (TPSA) is 95.8 Å². The lowest BCUT2D eigenvalue weighted by Crippen LogP contribution is -2.43. The molecule has 28 heavy (non-hydrogen) atoms. The van der Waals surface area contributed by atoms with Gasteiger partial charge in [-0.3, -0.25) is 0 Å². The van der Waals surface area contributed by atoms with Gasteiger partial charge in [0, 0.05) is 38.0 Å². The van der Waals surface area contributed by atoms with Gasteiger partial charge in [0.15, 0.2) is 0 Å². The molecule has 7 nitrogen and oxygen atoms in total. The molecule has 2 N–H and O–H groups in total. The molecular weight excluding hydrogens is 358 g/mol. The summed E-state index contributed by atoms with van der Waals surface area (Å²) in [5.41, 5.74) is 1.19. The van der Waals surface area contributed by atoms with Crippen molar-refractivity contribution in [2.75, 3.05) is 31.2 Å². The number of rotatable bonds is 8. The molecule has 1 aromatic carbocycles. The van der Waals surface area contributed by atoms with Crippen LogP contribution in [-0.4, -0.2) is 58.6 Å². The van der Waals surface area contributed by atoms with E-state index in [9.17, 15) is 9.90 Å². The summed E-state index contributed by atoms with van der Waals surface area (Å²) in [4.78, 5) is 21.2. The molecule has 1 aliphatic heterocycles. The van der Waals surface area contributed by atoms with Crippen LogP contribution in [0, 0.1) is 5.92 Å². The maximum absolute atomic E-state index is 10.9. The molecule has 0 amide bonds. The summed E-state index contributed by atoms with van der Waals surface area (Å²) < 4.78 is 5.85. The first-order valence-electron chi connectivity index (χ1n) is 9.41. The van der Waals surface area contributed by atoms with Crippen molar-refractivity contribution in [1.29, 1.82) is 0 Å². The van der Waals surface area contributed by atoms with Crippen molar-refractivity contribution in [2.24, 2.45) is 5.92 Å². The number of carboxylic acid groups (broad SMARTS) is 1. The van der Waals surface area contributed by atoms with Gasteiger partial charge in [0.05, 0.1) is 18.3 Å². The van der Waals surface area contributed by atoms with Crippen LogP contribution in [0.2, 0.25) is 0 Å². The fourth-order valence-electron chi connectivity index (χ4n) is 3.13. The summed E-state index contributed by atoms with van der Waals surface area (Å²) >= 11 is 0. The molecule has 2 unspecified atom stereocenters. The third-order valence-corrected chi connectivity index (χ3v) is 4.76. The Labute approximate surface area is 164 Å². The van der Waals surface area contributed by atoms with Gasteiger partial charge in [-0.1, -0.05) is 42.5 Å². The average Bonchev–Trinajstić information content (AvgIpc) is 2.75. The maximum atomic E-state index is 10.9. The highest BCUT2D eigenvalue weighted by Gasteiger charge is 2.23. The van der Waals surface area contributed by atoms with E-state index in [0.717, 1.165) is 18.4 Å². The van der Waals surface area contributed by atoms with Gasteiger partial charge >= 0.3 is 5.97 Å². The quantitative estimate of drug-likeness (QED) is 0.723. The average molecular weight is 383 g/mol. The Bertz CT molecular complexity index is 780. The van der Waals surface area contributed by atoms with Crippen LogP contribution in [0.25, 0.3) is 6.08 Å². The van der Waals surface area contributed by atoms with Crippen molar-refractivity contribution in [3.05, 3.63) is 59.9 Å². The minimum atomic E-state index is -1.04. The number of anilines is 1. The van der Waals surface area contributed by atoms with E-state index in [1.54, 1.807) is 0 Å². The van der Waals surface area contributed by atoms with E-state index >= 15 is 0 Å². The number of aromatic carboxylic acids is 1. The van der Waals surface area contributed by atoms with Crippen LogP contribution in [0.3, 0.4) is 0 Å². The lowest BCUT2D eigenvalue weighted by atomic mass is 9.99. The number of aliphatic hydroxyl groups excluding tert-OH is 1. The van der Waals surface area contributed by atoms with Gasteiger partial charge in [-0.15, -0.1) is 0 Å². The summed E-state index contributed by atoms with van der Waals surface area (Å²) in [6.45, 7) is 1.98. The zero-order valence-corrected chi connectivity index (χ0v) is 15.6. The van der Waals surface area contributed by atoms with Gasteiger partial charge in [-0.25, -0.2) is 14.8 Å². The van der Waals surface area contributed by atoms with Crippen molar-refractivity contribution in [2.45, 2.75) is 18.9 Å². The number of nitrogens with zero attached hydrogens (tertiary/aromatic N) is 3. The third kappa shape index (κ3) is 5.61. The molecule has 1 fully saturated rings. The zero-order valence-electron chi connectivity index (χ0n) is 15.6. The van der Waals surface area contributed by atoms with E-state index in [4.69, 9.17) is 9.84 Å². The van der Waals surface area contributed by atoms with Crippen LogP contribution >= 0.6 is 0 Å². The molecule has 0 aliphatic carbocycles. The van der Waals surface area contributed by atoms with E-state index in [1.807, 2.05) is 47.4 Å². The summed E-state index contributed by atoms with van der Waals surface area (Å²) in [7, 11) is 0. The van der Waals surface area contributed by atoms with Crippen LogP contribution in [0.4, 0.5) is 5.95 Å². The molecular formula is C21H25N3O4. The number of aromatic nitrogens is 2. The predicted octanol–water partition coefficient (Wildman–Crippen LogP) is 2.48. The summed E-state index contributed by atoms with van der Waals surface area (Å²) in [5.74, 6) is -0.448. The fraction of sp³-hybridized carbons (Fsp3) is 0.381. The molecule has 0 saturated carbocycles. The molecule has 1 aliphatic rings. The number of carboxylic acids is 1. The standard InChI is InChI=1S/C21H25N3O4/c25-15-17(7-6-16-4-2-1-3-5-16)8-9-19-14-24(10-11-28-19)21-22-12-18(13-23-21)20(26)27/h1-7,12-13,17,19,25H,8-11,14-15H2,(H,26,27)/b7-6+. The fourth-order valence-corrected chi connectivity index (χ4v) is 3.13. The summed E-state index contributed by atoms with van der Waals surface area (Å²) in [6.07, 6.45) is 8.38. The molecule has 7 heteroatoms. The Hall–Kier alpha value is -2.77. The van der Waals surface area contributed by atoms with Gasteiger partial charge in [0.25, 0.3) is 0 Å². The van der Waals surface area contributed by atoms with Gasteiger partial charge in [0.1, 0.15) is 0 Å². The Balaban J connectivity index is 1.52. The number of hydrogen-bond acceptors (Lipinski definition) is 6. The Kier molecular flexibility index (Phi) is 7.11. The Morgan fingerprint density at radius 2 is 2.04 bits per heavy atom. The summed E-state index contributed by atoms with van der Waals surface area (Å²) in [6, 6.07) is 10.0. The molecule has 0 spiro atoms. The van der Waals surface area contributed by atoms with Gasteiger partial charge in [-0.05, 0) is 18.4 Å². The molecule has 2 atom stereocenters. The highest BCUT2D eigenvalue weighted by Crippen LogP contribution is 2.19. The highest BCUT2D eigenvalue weighted by atomic mass is 16.5. The van der Waals surface area contributed by atoms with Crippen molar-refractivity contribution in [3.63, 3.8) is 0 Å². The van der Waals surface area contributed by atoms with Crippen molar-refractivity contribution < 1.29 is 19.7 Å². The highest BCUT2D eigenvalue weighted by molar-refractivity contribution is 5.86. The van der Waals surface area contributed by atoms with E-state index in [-0.39, 0.29) is 24.2 Å². The first-order valence-corrected chi connectivity index (χ1v) is 9.41. The van der Waals surface area contributed by atoms with E-state index < -0.39 is 5.97 Å². The molecule has 1 aromatic heterocycles. The van der Waals surface area contributed by atoms with Crippen LogP contribution in [0.5, 0.6) is 0 Å². The molecule has 0 radical (unpaired) electrons. The van der Waals surface area contributed by atoms with Gasteiger partial charge in [-0.2, -0.15) is 0 Å². The van der Waals surface area contributed by atoms with E-state index in [0.29, 0.717) is 25.6 Å². The van der Waals surface area contributed by atoms with Gasteiger partial charge in [0.2, 0.25) is 5.95 Å². The third-order valence-electron chi connectivity index (χ3n) is 4.76. The first kappa shape index (κ1) is 20.0. The Morgan fingerprint density at radius 1 is 1.29 bits per heavy atom. The van der Waals surface area contributed by atoms with Crippen molar-refractivity contribution in [1.82, 2.24) is 9.97 Å². The minimum Gasteiger partial charge on any atom is -0.478 e. The molecule has 148 valence electrons. The number of hydrogen-bond donors (Lipinski definition) is 2. The first-order chi connectivity index (χ1) is 13.7. The van der Waals surface area contributed by atoms with E-state index in [1.165, 1.54) is 12.4 Å². The largest absolute Gasteiger partial charge is 0.478 e. The van der Waals surface area contributed by atoms with Gasteiger partial charge < -0.3 is 19.8 Å². The lowest BCUT2D eigenvalue weighted by Gasteiger charge is -2.33. The van der Waals surface area contributed by atoms with Crippen molar-refractivity contribution in [3.8, 4) is 0 Å². The second-order valence-corrected chi connectivity index (χ2v) is 6.81.